The van der Waals surface area contributed by atoms with Gasteiger partial charge in [-0.05, 0) is 31.3 Å². The number of carbonyl (C=O) groups excluding carboxylic acids is 1. The average Bonchev–Trinajstić information content (AvgIpc) is 2.84. The molecule has 0 aliphatic heterocycles. The zero-order chi connectivity index (χ0) is 16.4. The van der Waals surface area contributed by atoms with Gasteiger partial charge in [0, 0.05) is 12.3 Å². The lowest BCUT2D eigenvalue weighted by atomic mass is 9.91. The average molecular weight is 308 g/mol. The summed E-state index contributed by atoms with van der Waals surface area (Å²) in [7, 11) is 0. The molecule has 0 fully saturated rings. The molecule has 124 valence electrons. The third-order valence-electron chi connectivity index (χ3n) is 4.20. The molecule has 0 saturated heterocycles. The lowest BCUT2D eigenvalue weighted by Crippen LogP contribution is -2.13. The summed E-state index contributed by atoms with van der Waals surface area (Å²) >= 11 is 0. The van der Waals surface area contributed by atoms with Crippen LogP contribution in [0.4, 0.5) is 0 Å². The fourth-order valence-corrected chi connectivity index (χ4v) is 2.79. The largest absolute Gasteiger partial charge is 0.481 e. The number of unbranched alkanes of at least 4 members (excludes halogenated alkanes) is 4. The quantitative estimate of drug-likeness (QED) is 0.452. The molecule has 0 heterocycles. The smallest absolute Gasteiger partial charge is 0.303 e. The second kappa shape index (κ2) is 10.3. The highest BCUT2D eigenvalue weighted by Gasteiger charge is 2.26. The molecule has 22 heavy (non-hydrogen) atoms. The van der Waals surface area contributed by atoms with Crippen LogP contribution in [0.25, 0.3) is 0 Å². The summed E-state index contributed by atoms with van der Waals surface area (Å²) < 4.78 is 0. The molecule has 4 nitrogen and oxygen atoms in total. The molecule has 0 amide bonds. The third-order valence-corrected chi connectivity index (χ3v) is 4.20. The Labute approximate surface area is 132 Å². The molecule has 0 bridgehead atoms. The number of carboxylic acids is 1. The van der Waals surface area contributed by atoms with Gasteiger partial charge >= 0.3 is 5.97 Å². The van der Waals surface area contributed by atoms with E-state index in [-0.39, 0.29) is 24.0 Å². The van der Waals surface area contributed by atoms with Gasteiger partial charge in [-0.15, -0.1) is 0 Å². The molecular formula is C18H28O4. The lowest BCUT2D eigenvalue weighted by Gasteiger charge is -2.13. The first-order valence-corrected chi connectivity index (χ1v) is 8.34. The summed E-state index contributed by atoms with van der Waals surface area (Å²) in [5, 5.41) is 18.5. The van der Waals surface area contributed by atoms with Gasteiger partial charge in [-0.2, -0.15) is 0 Å². The first-order chi connectivity index (χ1) is 10.5. The molecule has 2 N–H and O–H groups in total. The topological polar surface area (TPSA) is 74.6 Å². The van der Waals surface area contributed by atoms with E-state index in [4.69, 9.17) is 5.11 Å². The van der Waals surface area contributed by atoms with E-state index in [9.17, 15) is 14.7 Å². The Balaban J connectivity index is 2.13. The molecule has 0 aromatic heterocycles. The number of carboxylic acid groups (broad SMARTS) is 1. The van der Waals surface area contributed by atoms with Gasteiger partial charge < -0.3 is 10.2 Å². The van der Waals surface area contributed by atoms with Gasteiger partial charge in [0.2, 0.25) is 0 Å². The van der Waals surface area contributed by atoms with Crippen molar-refractivity contribution in [3.05, 3.63) is 24.3 Å². The molecule has 0 aromatic rings. The van der Waals surface area contributed by atoms with Crippen molar-refractivity contribution in [1.82, 2.24) is 0 Å². The molecule has 1 aliphatic carbocycles. The summed E-state index contributed by atoms with van der Waals surface area (Å²) in [5.74, 6) is -0.434. The standard InChI is InChI=1S/C18H28O4/c1-2-14-10-13-17(20)16(14)12-11-15(19)8-6-4-3-5-7-9-18(21)22/h10-16,19H,2-9H2,1H3,(H,21,22)/b12-11+/t14-,15+,16-/m1/s1. The molecule has 1 aliphatic rings. The van der Waals surface area contributed by atoms with Crippen molar-refractivity contribution in [2.45, 2.75) is 64.4 Å². The van der Waals surface area contributed by atoms with Gasteiger partial charge in [0.05, 0.1) is 6.10 Å². The zero-order valence-electron chi connectivity index (χ0n) is 13.4. The lowest BCUT2D eigenvalue weighted by molar-refractivity contribution is -0.137. The van der Waals surface area contributed by atoms with E-state index in [1.54, 1.807) is 12.2 Å². The van der Waals surface area contributed by atoms with E-state index in [0.29, 0.717) is 6.42 Å². The SMILES string of the molecule is CC[C@@H]1C=CC(=O)[C@@H]1/C=C/[C@@H](O)CCCCCCCC(=O)O. The van der Waals surface area contributed by atoms with E-state index in [2.05, 4.69) is 6.92 Å². The molecule has 1 rings (SSSR count). The minimum atomic E-state index is -0.734. The highest BCUT2D eigenvalue weighted by molar-refractivity contribution is 5.95. The second-order valence-electron chi connectivity index (χ2n) is 6.01. The van der Waals surface area contributed by atoms with Crippen LogP contribution in [0.1, 0.15) is 58.3 Å². The van der Waals surface area contributed by atoms with E-state index >= 15 is 0 Å². The summed E-state index contributed by atoms with van der Waals surface area (Å²) in [6, 6.07) is 0. The molecule has 0 radical (unpaired) electrons. The van der Waals surface area contributed by atoms with Crippen LogP contribution in [0.2, 0.25) is 0 Å². The summed E-state index contributed by atoms with van der Waals surface area (Å²) in [5.41, 5.74) is 0. The number of allylic oxidation sites excluding steroid dienone is 3. The normalized spacial score (nSPS) is 22.5. The molecular weight excluding hydrogens is 280 g/mol. The fourth-order valence-electron chi connectivity index (χ4n) is 2.79. The van der Waals surface area contributed by atoms with Gasteiger partial charge in [0.1, 0.15) is 0 Å². The molecule has 0 aromatic carbocycles. The fraction of sp³-hybridized carbons (Fsp3) is 0.667. The Kier molecular flexibility index (Phi) is 8.75. The number of ketones is 1. The predicted octanol–water partition coefficient (Wildman–Crippen LogP) is 3.50. The van der Waals surface area contributed by atoms with Gasteiger partial charge in [0.25, 0.3) is 0 Å². The molecule has 3 atom stereocenters. The maximum atomic E-state index is 11.7. The number of rotatable bonds is 11. The van der Waals surface area contributed by atoms with Crippen LogP contribution in [-0.2, 0) is 9.59 Å². The minimum absolute atomic E-state index is 0.101. The summed E-state index contributed by atoms with van der Waals surface area (Å²) in [6.07, 6.45) is 13.2. The van der Waals surface area contributed by atoms with Crippen molar-refractivity contribution < 1.29 is 19.8 Å². The zero-order valence-corrected chi connectivity index (χ0v) is 13.4. The van der Waals surface area contributed by atoms with E-state index in [1.807, 2.05) is 12.2 Å². The number of hydrogen-bond donors (Lipinski definition) is 2. The molecule has 0 spiro atoms. The van der Waals surface area contributed by atoms with Crippen molar-refractivity contribution in [1.29, 1.82) is 0 Å². The van der Waals surface area contributed by atoms with E-state index < -0.39 is 12.1 Å². The van der Waals surface area contributed by atoms with Crippen molar-refractivity contribution in [3.8, 4) is 0 Å². The van der Waals surface area contributed by atoms with Crippen LogP contribution >= 0.6 is 0 Å². The van der Waals surface area contributed by atoms with Crippen LogP contribution in [-0.4, -0.2) is 28.1 Å². The number of aliphatic hydroxyl groups excluding tert-OH is 1. The van der Waals surface area contributed by atoms with E-state index in [1.165, 1.54) is 0 Å². The molecule has 4 heteroatoms. The number of carbonyl (C=O) groups is 2. The van der Waals surface area contributed by atoms with Gasteiger partial charge in [-0.3, -0.25) is 9.59 Å². The number of aliphatic carboxylic acids is 1. The monoisotopic (exact) mass is 308 g/mol. The van der Waals surface area contributed by atoms with Gasteiger partial charge in [-0.1, -0.05) is 50.8 Å². The number of aliphatic hydroxyl groups is 1. The molecule has 0 unspecified atom stereocenters. The minimum Gasteiger partial charge on any atom is -0.481 e. The van der Waals surface area contributed by atoms with Crippen molar-refractivity contribution in [2.75, 3.05) is 0 Å². The van der Waals surface area contributed by atoms with Crippen LogP contribution in [0.5, 0.6) is 0 Å². The Morgan fingerprint density at radius 2 is 1.95 bits per heavy atom. The van der Waals surface area contributed by atoms with E-state index in [0.717, 1.165) is 38.5 Å². The number of hydrogen-bond acceptors (Lipinski definition) is 3. The maximum Gasteiger partial charge on any atom is 0.303 e. The molecule has 0 saturated carbocycles. The third kappa shape index (κ3) is 7.03. The van der Waals surface area contributed by atoms with Gasteiger partial charge in [-0.25, -0.2) is 0 Å². The van der Waals surface area contributed by atoms with Crippen LogP contribution < -0.4 is 0 Å². The summed E-state index contributed by atoms with van der Waals surface area (Å²) in [4.78, 5) is 22.1. The van der Waals surface area contributed by atoms with Gasteiger partial charge in [0.15, 0.2) is 5.78 Å². The second-order valence-corrected chi connectivity index (χ2v) is 6.01. The summed E-state index contributed by atoms with van der Waals surface area (Å²) in [6.45, 7) is 2.06. The first kappa shape index (κ1) is 18.6. The Morgan fingerprint density at radius 3 is 2.64 bits per heavy atom. The van der Waals surface area contributed by atoms with Crippen molar-refractivity contribution >= 4 is 11.8 Å². The van der Waals surface area contributed by atoms with Crippen molar-refractivity contribution in [2.24, 2.45) is 11.8 Å². The Hall–Kier alpha value is -1.42. The van der Waals surface area contributed by atoms with Crippen molar-refractivity contribution in [3.63, 3.8) is 0 Å². The maximum absolute atomic E-state index is 11.7. The van der Waals surface area contributed by atoms with Crippen LogP contribution in [0.3, 0.4) is 0 Å². The first-order valence-electron chi connectivity index (χ1n) is 8.34. The Bertz CT molecular complexity index is 411. The predicted molar refractivity (Wildman–Crippen MR) is 86.5 cm³/mol. The van der Waals surface area contributed by atoms with Crippen LogP contribution in [0.15, 0.2) is 24.3 Å². The highest BCUT2D eigenvalue weighted by atomic mass is 16.4. The Morgan fingerprint density at radius 1 is 1.27 bits per heavy atom. The highest BCUT2D eigenvalue weighted by Crippen LogP contribution is 2.26. The van der Waals surface area contributed by atoms with Crippen LogP contribution in [0, 0.1) is 11.8 Å².